The lowest BCUT2D eigenvalue weighted by Gasteiger charge is -2.34. The molecule has 5 rings (SSSR count). The molecule has 1 aromatic carbocycles. The van der Waals surface area contributed by atoms with E-state index in [2.05, 4.69) is 26.2 Å². The van der Waals surface area contributed by atoms with Crippen LogP contribution in [0.3, 0.4) is 0 Å². The quantitative estimate of drug-likeness (QED) is 0.541. The number of hydrogen-bond donors (Lipinski definition) is 1. The molecule has 0 radical (unpaired) electrons. The minimum atomic E-state index is -0.00840. The van der Waals surface area contributed by atoms with E-state index in [0.29, 0.717) is 18.9 Å². The van der Waals surface area contributed by atoms with Crippen molar-refractivity contribution in [2.24, 2.45) is 0 Å². The van der Waals surface area contributed by atoms with Gasteiger partial charge in [0, 0.05) is 67.9 Å². The molecule has 1 saturated heterocycles. The van der Waals surface area contributed by atoms with E-state index >= 15 is 0 Å². The fraction of sp³-hybridized carbons (Fsp3) is 0.323. The molecular formula is C31H34N4O3. The Balaban J connectivity index is 1.11. The zero-order valence-corrected chi connectivity index (χ0v) is 21.6. The van der Waals surface area contributed by atoms with Crippen LogP contribution in [0.2, 0.25) is 0 Å². The fourth-order valence-corrected chi connectivity index (χ4v) is 5.18. The largest absolute Gasteiger partial charge is 0.462 e. The van der Waals surface area contributed by atoms with Crippen molar-refractivity contribution >= 4 is 11.7 Å². The average molecular weight is 511 g/mol. The van der Waals surface area contributed by atoms with Gasteiger partial charge in [0.2, 0.25) is 0 Å². The highest BCUT2D eigenvalue weighted by atomic mass is 16.5. The minimum absolute atomic E-state index is 0.00840. The van der Waals surface area contributed by atoms with Crippen LogP contribution in [0.25, 0.3) is 0 Å². The third-order valence-electron chi connectivity index (χ3n) is 7.29. The first-order chi connectivity index (χ1) is 18.7. The van der Waals surface area contributed by atoms with Crippen molar-refractivity contribution in [2.45, 2.75) is 31.6 Å². The van der Waals surface area contributed by atoms with Crippen LogP contribution in [0.5, 0.6) is 0 Å². The number of carbonyl (C=O) groups excluding carboxylic acids is 2. The lowest BCUT2D eigenvalue weighted by Crippen LogP contribution is -2.38. The van der Waals surface area contributed by atoms with E-state index in [1.54, 1.807) is 24.6 Å². The van der Waals surface area contributed by atoms with Crippen molar-refractivity contribution < 1.29 is 14.3 Å². The Morgan fingerprint density at radius 3 is 2.74 bits per heavy atom. The van der Waals surface area contributed by atoms with Gasteiger partial charge in [-0.05, 0) is 61.7 Å². The number of carbonyl (C=O) groups is 2. The average Bonchev–Trinajstić information content (AvgIpc) is 2.97. The summed E-state index contributed by atoms with van der Waals surface area (Å²) in [5.41, 5.74) is 3.82. The normalized spacial score (nSPS) is 18.1. The van der Waals surface area contributed by atoms with Gasteiger partial charge < -0.3 is 19.9 Å². The van der Waals surface area contributed by atoms with Gasteiger partial charge in [-0.15, -0.1) is 0 Å². The van der Waals surface area contributed by atoms with Gasteiger partial charge in [-0.3, -0.25) is 14.6 Å². The number of ketones is 1. The predicted molar refractivity (Wildman–Crippen MR) is 147 cm³/mol. The molecule has 3 heterocycles. The van der Waals surface area contributed by atoms with E-state index in [0.717, 1.165) is 73.6 Å². The van der Waals surface area contributed by atoms with Gasteiger partial charge in [-0.25, -0.2) is 0 Å². The number of aromatic nitrogens is 1. The van der Waals surface area contributed by atoms with E-state index in [1.165, 1.54) is 0 Å². The molecule has 1 aliphatic carbocycles. The maximum absolute atomic E-state index is 13.0. The van der Waals surface area contributed by atoms with Crippen LogP contribution in [-0.2, 0) is 16.0 Å². The second kappa shape index (κ2) is 12.5. The number of benzene rings is 1. The lowest BCUT2D eigenvalue weighted by atomic mass is 9.86. The van der Waals surface area contributed by atoms with Crippen molar-refractivity contribution in [1.29, 1.82) is 0 Å². The maximum Gasteiger partial charge on any atom is 0.251 e. The number of nitrogens with zero attached hydrogens (tertiary/aromatic N) is 3. The molecule has 3 aliphatic rings. The van der Waals surface area contributed by atoms with Crippen molar-refractivity contribution in [1.82, 2.24) is 20.1 Å². The summed E-state index contributed by atoms with van der Waals surface area (Å²) < 4.78 is 5.66. The van der Waals surface area contributed by atoms with Gasteiger partial charge in [0.15, 0.2) is 5.78 Å². The molecule has 7 nitrogen and oxygen atoms in total. The van der Waals surface area contributed by atoms with E-state index in [9.17, 15) is 9.59 Å². The van der Waals surface area contributed by atoms with Crippen LogP contribution in [0, 0.1) is 0 Å². The van der Waals surface area contributed by atoms with Gasteiger partial charge in [-0.2, -0.15) is 0 Å². The number of likely N-dealkylation sites (tertiary alicyclic amines) is 1. The summed E-state index contributed by atoms with van der Waals surface area (Å²) in [5.74, 6) is 1.20. The van der Waals surface area contributed by atoms with Crippen LogP contribution in [0.15, 0.2) is 96.9 Å². The first-order valence-corrected chi connectivity index (χ1v) is 13.4. The van der Waals surface area contributed by atoms with Crippen molar-refractivity contribution in [3.8, 4) is 0 Å². The van der Waals surface area contributed by atoms with E-state index in [1.807, 2.05) is 54.9 Å². The van der Waals surface area contributed by atoms with Gasteiger partial charge in [0.05, 0.1) is 0 Å². The molecule has 7 heteroatoms. The number of rotatable bonds is 9. The Hall–Kier alpha value is -3.97. The number of nitrogens with one attached hydrogen (secondary N) is 1. The highest BCUT2D eigenvalue weighted by molar-refractivity contribution is 5.96. The number of piperidine rings is 1. The van der Waals surface area contributed by atoms with Gasteiger partial charge in [0.1, 0.15) is 12.0 Å². The van der Waals surface area contributed by atoms with E-state index < -0.39 is 0 Å². The van der Waals surface area contributed by atoms with Crippen LogP contribution < -0.4 is 5.32 Å². The van der Waals surface area contributed by atoms with Crippen molar-refractivity contribution in [2.75, 3.05) is 32.7 Å². The molecule has 0 spiro atoms. The van der Waals surface area contributed by atoms with Gasteiger partial charge >= 0.3 is 0 Å². The molecule has 2 aromatic rings. The molecule has 0 atom stereocenters. The monoisotopic (exact) mass is 510 g/mol. The van der Waals surface area contributed by atoms with Crippen molar-refractivity contribution in [3.05, 3.63) is 114 Å². The SMILES string of the molecule is O=C1C=CC=C(C2=CN(CCN3CCC(c4ccccc4C(=O)NCCc4ccccn4)CC3)C=CO2)C1. The summed E-state index contributed by atoms with van der Waals surface area (Å²) >= 11 is 0. The Kier molecular flexibility index (Phi) is 8.46. The second-order valence-corrected chi connectivity index (χ2v) is 9.86. The maximum atomic E-state index is 13.0. The zero-order chi connectivity index (χ0) is 26.2. The Morgan fingerprint density at radius 1 is 1.08 bits per heavy atom. The smallest absolute Gasteiger partial charge is 0.251 e. The molecule has 0 saturated carbocycles. The summed E-state index contributed by atoms with van der Waals surface area (Å²) in [6.45, 7) is 4.35. The lowest BCUT2D eigenvalue weighted by molar-refractivity contribution is -0.114. The summed E-state index contributed by atoms with van der Waals surface area (Å²) in [6, 6.07) is 13.9. The number of pyridine rings is 1. The second-order valence-electron chi connectivity index (χ2n) is 9.86. The van der Waals surface area contributed by atoms with Crippen molar-refractivity contribution in [3.63, 3.8) is 0 Å². The topological polar surface area (TPSA) is 74.8 Å². The summed E-state index contributed by atoms with van der Waals surface area (Å²) in [4.78, 5) is 33.7. The molecule has 1 N–H and O–H groups in total. The molecule has 1 fully saturated rings. The molecule has 0 bridgehead atoms. The third-order valence-corrected chi connectivity index (χ3v) is 7.29. The molecule has 2 aliphatic heterocycles. The summed E-state index contributed by atoms with van der Waals surface area (Å²) in [7, 11) is 0. The van der Waals surface area contributed by atoms with Crippen LogP contribution >= 0.6 is 0 Å². The van der Waals surface area contributed by atoms with Gasteiger partial charge in [-0.1, -0.05) is 36.4 Å². The number of hydrogen-bond acceptors (Lipinski definition) is 6. The summed E-state index contributed by atoms with van der Waals surface area (Å²) in [5, 5.41) is 3.08. The van der Waals surface area contributed by atoms with Crippen LogP contribution in [0.1, 0.15) is 46.8 Å². The number of allylic oxidation sites excluding steroid dienone is 4. The zero-order valence-electron chi connectivity index (χ0n) is 21.6. The standard InChI is InChI=1S/C31H34N4O3/c36-27-8-5-6-25(22-27)30-23-35(20-21-38-30)19-18-34-16-12-24(13-17-34)28-9-1-2-10-29(28)31(37)33-15-11-26-7-3-4-14-32-26/h1-10,14,20-21,23-24H,11-13,15-19,22H2,(H,33,37). The predicted octanol–water partition coefficient (Wildman–Crippen LogP) is 4.33. The van der Waals surface area contributed by atoms with E-state index in [-0.39, 0.29) is 11.7 Å². The van der Waals surface area contributed by atoms with Crippen LogP contribution in [-0.4, -0.2) is 59.2 Å². The Bertz CT molecular complexity index is 1260. The fourth-order valence-electron chi connectivity index (χ4n) is 5.18. The minimum Gasteiger partial charge on any atom is -0.462 e. The third kappa shape index (κ3) is 6.66. The molecule has 1 aromatic heterocycles. The highest BCUT2D eigenvalue weighted by Gasteiger charge is 2.24. The number of amides is 1. The van der Waals surface area contributed by atoms with Gasteiger partial charge in [0.25, 0.3) is 5.91 Å². The first-order valence-electron chi connectivity index (χ1n) is 13.4. The first kappa shape index (κ1) is 25.7. The summed E-state index contributed by atoms with van der Waals surface area (Å²) in [6.07, 6.45) is 15.8. The molecule has 196 valence electrons. The van der Waals surface area contributed by atoms with E-state index in [4.69, 9.17) is 4.74 Å². The Labute approximate surface area is 224 Å². The molecule has 1 amide bonds. The van der Waals surface area contributed by atoms with Crippen LogP contribution in [0.4, 0.5) is 0 Å². The Morgan fingerprint density at radius 2 is 1.92 bits per heavy atom. The highest BCUT2D eigenvalue weighted by Crippen LogP contribution is 2.30. The molecular weight excluding hydrogens is 476 g/mol. The molecule has 38 heavy (non-hydrogen) atoms. The number of ether oxygens (including phenoxy) is 1. The molecule has 0 unspecified atom stereocenters.